The summed E-state index contributed by atoms with van der Waals surface area (Å²) >= 11 is 0. The molecule has 108 valence electrons. The number of likely N-dealkylation sites (N-methyl/N-ethyl adjacent to an activating group) is 1. The standard InChI is InChI=1S/C12H22N4O3/c1-15-4-6-16(7-5-15)14-12(19)13-10-3-2-9(8-10)11(17)18/h9-10H,2-8H2,1H3,(H,17,18)(H2,13,14,19)/t9-,10+/m1/s1. The molecule has 0 aromatic heterocycles. The monoisotopic (exact) mass is 270 g/mol. The van der Waals surface area contributed by atoms with E-state index in [4.69, 9.17) is 5.11 Å². The Morgan fingerprint density at radius 1 is 1.16 bits per heavy atom. The SMILES string of the molecule is CN1CCN(NC(=O)N[C@H]2CC[C@@H](C(=O)O)C2)CC1. The molecular weight excluding hydrogens is 248 g/mol. The fourth-order valence-electron chi connectivity index (χ4n) is 2.62. The molecule has 1 saturated carbocycles. The van der Waals surface area contributed by atoms with Gasteiger partial charge in [-0.25, -0.2) is 9.80 Å². The number of rotatable bonds is 3. The second-order valence-corrected chi connectivity index (χ2v) is 5.42. The minimum Gasteiger partial charge on any atom is -0.481 e. The van der Waals surface area contributed by atoms with E-state index in [2.05, 4.69) is 22.7 Å². The molecule has 2 amide bonds. The molecule has 19 heavy (non-hydrogen) atoms. The first kappa shape index (κ1) is 14.1. The van der Waals surface area contributed by atoms with E-state index in [9.17, 15) is 9.59 Å². The summed E-state index contributed by atoms with van der Waals surface area (Å²) in [6.07, 6.45) is 1.92. The van der Waals surface area contributed by atoms with Gasteiger partial charge in [0.15, 0.2) is 0 Å². The zero-order valence-corrected chi connectivity index (χ0v) is 11.3. The summed E-state index contributed by atoms with van der Waals surface area (Å²) in [6.45, 7) is 3.49. The predicted molar refractivity (Wildman–Crippen MR) is 69.5 cm³/mol. The summed E-state index contributed by atoms with van der Waals surface area (Å²) in [5, 5.41) is 13.7. The number of piperazine rings is 1. The number of amides is 2. The van der Waals surface area contributed by atoms with Gasteiger partial charge in [0.25, 0.3) is 0 Å². The Morgan fingerprint density at radius 2 is 1.84 bits per heavy atom. The topological polar surface area (TPSA) is 84.9 Å². The number of hydrogen-bond acceptors (Lipinski definition) is 4. The van der Waals surface area contributed by atoms with Gasteiger partial charge >= 0.3 is 12.0 Å². The highest BCUT2D eigenvalue weighted by Crippen LogP contribution is 2.25. The van der Waals surface area contributed by atoms with Crippen LogP contribution in [-0.4, -0.2) is 66.3 Å². The summed E-state index contributed by atoms with van der Waals surface area (Å²) in [5.41, 5.74) is 2.82. The number of hydrogen-bond donors (Lipinski definition) is 3. The van der Waals surface area contributed by atoms with Crippen molar-refractivity contribution in [2.45, 2.75) is 25.3 Å². The second-order valence-electron chi connectivity index (χ2n) is 5.42. The Balaban J connectivity index is 1.69. The number of carboxylic acid groups (broad SMARTS) is 1. The van der Waals surface area contributed by atoms with Gasteiger partial charge in [-0.3, -0.25) is 10.2 Å². The molecular formula is C12H22N4O3. The molecule has 2 aliphatic rings. The van der Waals surface area contributed by atoms with Crippen molar-refractivity contribution in [3.63, 3.8) is 0 Å². The van der Waals surface area contributed by atoms with Gasteiger partial charge in [0, 0.05) is 32.2 Å². The summed E-state index contributed by atoms with van der Waals surface area (Å²) < 4.78 is 0. The van der Waals surface area contributed by atoms with E-state index in [1.54, 1.807) is 0 Å². The summed E-state index contributed by atoms with van der Waals surface area (Å²) in [4.78, 5) is 24.9. The van der Waals surface area contributed by atoms with Crippen molar-refractivity contribution in [2.24, 2.45) is 5.92 Å². The van der Waals surface area contributed by atoms with E-state index < -0.39 is 5.97 Å². The third kappa shape index (κ3) is 4.07. The Hall–Kier alpha value is -1.34. The average Bonchev–Trinajstić information content (AvgIpc) is 2.80. The average molecular weight is 270 g/mol. The molecule has 1 aliphatic heterocycles. The maximum absolute atomic E-state index is 11.8. The van der Waals surface area contributed by atoms with E-state index >= 15 is 0 Å². The van der Waals surface area contributed by atoms with Crippen LogP contribution in [0.2, 0.25) is 0 Å². The molecule has 3 N–H and O–H groups in total. The molecule has 2 rings (SSSR count). The lowest BCUT2D eigenvalue weighted by molar-refractivity contribution is -0.141. The van der Waals surface area contributed by atoms with Crippen molar-refractivity contribution in [2.75, 3.05) is 33.2 Å². The number of urea groups is 1. The van der Waals surface area contributed by atoms with Gasteiger partial charge in [0.1, 0.15) is 0 Å². The van der Waals surface area contributed by atoms with Crippen LogP contribution in [0.4, 0.5) is 4.79 Å². The molecule has 1 heterocycles. The highest BCUT2D eigenvalue weighted by atomic mass is 16.4. The second kappa shape index (κ2) is 6.21. The lowest BCUT2D eigenvalue weighted by Crippen LogP contribution is -2.55. The lowest BCUT2D eigenvalue weighted by atomic mass is 10.1. The largest absolute Gasteiger partial charge is 0.481 e. The maximum atomic E-state index is 11.8. The van der Waals surface area contributed by atoms with E-state index in [0.717, 1.165) is 32.6 Å². The molecule has 0 aromatic rings. The smallest absolute Gasteiger partial charge is 0.329 e. The fourth-order valence-corrected chi connectivity index (χ4v) is 2.62. The minimum absolute atomic E-state index is 0.0198. The molecule has 0 radical (unpaired) electrons. The zero-order chi connectivity index (χ0) is 13.8. The van der Waals surface area contributed by atoms with E-state index in [1.165, 1.54) is 0 Å². The van der Waals surface area contributed by atoms with Crippen molar-refractivity contribution in [1.29, 1.82) is 0 Å². The fraction of sp³-hybridized carbons (Fsp3) is 0.833. The third-order valence-electron chi connectivity index (χ3n) is 3.88. The van der Waals surface area contributed by atoms with Crippen LogP contribution < -0.4 is 10.7 Å². The zero-order valence-electron chi connectivity index (χ0n) is 11.3. The number of carbonyl (C=O) groups excluding carboxylic acids is 1. The van der Waals surface area contributed by atoms with Crippen molar-refractivity contribution < 1.29 is 14.7 Å². The number of carbonyl (C=O) groups is 2. The van der Waals surface area contributed by atoms with Crippen LogP contribution >= 0.6 is 0 Å². The van der Waals surface area contributed by atoms with Crippen molar-refractivity contribution in [3.8, 4) is 0 Å². The number of nitrogens with zero attached hydrogens (tertiary/aromatic N) is 2. The number of hydrazine groups is 1. The van der Waals surface area contributed by atoms with Crippen LogP contribution in [0.5, 0.6) is 0 Å². The summed E-state index contributed by atoms with van der Waals surface area (Å²) in [5.74, 6) is -1.07. The van der Waals surface area contributed by atoms with E-state index in [1.807, 2.05) is 5.01 Å². The van der Waals surface area contributed by atoms with Crippen LogP contribution in [0.3, 0.4) is 0 Å². The first-order valence-corrected chi connectivity index (χ1v) is 6.78. The molecule has 7 heteroatoms. The summed E-state index contributed by atoms with van der Waals surface area (Å²) in [6, 6.07) is -0.242. The van der Waals surface area contributed by atoms with Gasteiger partial charge in [-0.2, -0.15) is 0 Å². The highest BCUT2D eigenvalue weighted by Gasteiger charge is 2.30. The maximum Gasteiger partial charge on any atom is 0.329 e. The Morgan fingerprint density at radius 3 is 2.42 bits per heavy atom. The van der Waals surface area contributed by atoms with Crippen LogP contribution in [0.25, 0.3) is 0 Å². The number of nitrogens with one attached hydrogen (secondary N) is 2. The number of aliphatic carboxylic acids is 1. The lowest BCUT2D eigenvalue weighted by Gasteiger charge is -2.32. The van der Waals surface area contributed by atoms with Gasteiger partial charge in [-0.15, -0.1) is 0 Å². The molecule has 0 spiro atoms. The Bertz CT molecular complexity index is 342. The normalized spacial score (nSPS) is 29.1. The van der Waals surface area contributed by atoms with Gasteiger partial charge in [0.05, 0.1) is 5.92 Å². The van der Waals surface area contributed by atoms with Crippen LogP contribution in [0.1, 0.15) is 19.3 Å². The number of carboxylic acids is 1. The molecule has 2 atom stereocenters. The van der Waals surface area contributed by atoms with E-state index in [0.29, 0.717) is 12.8 Å². The van der Waals surface area contributed by atoms with Crippen molar-refractivity contribution in [1.82, 2.24) is 20.7 Å². The minimum atomic E-state index is -0.760. The van der Waals surface area contributed by atoms with Crippen LogP contribution in [0.15, 0.2) is 0 Å². The van der Waals surface area contributed by atoms with Crippen molar-refractivity contribution >= 4 is 12.0 Å². The van der Waals surface area contributed by atoms with Crippen LogP contribution in [0, 0.1) is 5.92 Å². The molecule has 7 nitrogen and oxygen atoms in total. The first-order valence-electron chi connectivity index (χ1n) is 6.78. The van der Waals surface area contributed by atoms with Gasteiger partial charge < -0.3 is 15.3 Å². The van der Waals surface area contributed by atoms with Gasteiger partial charge in [-0.1, -0.05) is 0 Å². The Kier molecular flexibility index (Phi) is 4.60. The van der Waals surface area contributed by atoms with E-state index in [-0.39, 0.29) is 18.0 Å². The molecule has 2 fully saturated rings. The van der Waals surface area contributed by atoms with Gasteiger partial charge in [0.2, 0.25) is 0 Å². The molecule has 0 aromatic carbocycles. The first-order chi connectivity index (χ1) is 9.04. The molecule has 0 bridgehead atoms. The predicted octanol–water partition coefficient (Wildman–Crippen LogP) is -0.299. The quantitative estimate of drug-likeness (QED) is 0.656. The molecule has 0 unspecified atom stereocenters. The summed E-state index contributed by atoms with van der Waals surface area (Å²) in [7, 11) is 2.06. The van der Waals surface area contributed by atoms with Crippen molar-refractivity contribution in [3.05, 3.63) is 0 Å². The molecule has 1 aliphatic carbocycles. The van der Waals surface area contributed by atoms with Gasteiger partial charge in [-0.05, 0) is 26.3 Å². The molecule has 1 saturated heterocycles. The van der Waals surface area contributed by atoms with Crippen LogP contribution in [-0.2, 0) is 4.79 Å². The Labute approximate surface area is 112 Å². The third-order valence-corrected chi connectivity index (χ3v) is 3.88. The highest BCUT2D eigenvalue weighted by molar-refractivity contribution is 5.74.